The summed E-state index contributed by atoms with van der Waals surface area (Å²) < 4.78 is 5.14. The third kappa shape index (κ3) is 3.97. The average molecular weight is 389 g/mol. The van der Waals surface area contributed by atoms with Crippen molar-refractivity contribution in [3.05, 3.63) is 76.6 Å². The van der Waals surface area contributed by atoms with Gasteiger partial charge >= 0.3 is 0 Å². The summed E-state index contributed by atoms with van der Waals surface area (Å²) in [4.78, 5) is 42.9. The van der Waals surface area contributed by atoms with E-state index in [-0.39, 0.29) is 23.7 Å². The van der Waals surface area contributed by atoms with E-state index in [9.17, 15) is 9.59 Å². The number of para-hydroxylation sites is 3. The van der Waals surface area contributed by atoms with Gasteiger partial charge in [0.25, 0.3) is 11.5 Å². The number of methoxy groups -OCH3 is 1. The molecule has 8 heteroatoms. The highest BCUT2D eigenvalue weighted by Gasteiger charge is 2.19. The number of carbonyl (C=O) groups excluding carboxylic acids is 1. The molecular weight excluding hydrogens is 370 g/mol. The minimum atomic E-state index is -0.309. The van der Waals surface area contributed by atoms with E-state index in [0.717, 1.165) is 0 Å². The molecule has 0 saturated carbocycles. The predicted molar refractivity (Wildman–Crippen MR) is 109 cm³/mol. The van der Waals surface area contributed by atoms with Crippen molar-refractivity contribution in [1.82, 2.24) is 24.8 Å². The van der Waals surface area contributed by atoms with E-state index in [2.05, 4.69) is 19.9 Å². The second-order valence-corrected chi connectivity index (χ2v) is 6.49. The molecule has 0 aliphatic heterocycles. The lowest BCUT2D eigenvalue weighted by Gasteiger charge is -2.21. The molecule has 2 aromatic carbocycles. The number of amides is 1. The maximum Gasteiger partial charge on any atom is 0.274 e. The van der Waals surface area contributed by atoms with Crippen LogP contribution in [0.5, 0.6) is 0 Å². The summed E-state index contributed by atoms with van der Waals surface area (Å²) in [6.45, 7) is 0.779. The van der Waals surface area contributed by atoms with Crippen LogP contribution in [-0.4, -0.2) is 51.0 Å². The lowest BCUT2D eigenvalue weighted by Crippen LogP contribution is -2.35. The summed E-state index contributed by atoms with van der Waals surface area (Å²) in [5.74, 6) is 0.0861. The third-order valence-corrected chi connectivity index (χ3v) is 4.52. The number of fused-ring (bicyclic) bond motifs is 2. The van der Waals surface area contributed by atoms with Crippen LogP contribution in [-0.2, 0) is 11.3 Å². The van der Waals surface area contributed by atoms with Crippen molar-refractivity contribution in [2.75, 3.05) is 20.3 Å². The highest BCUT2D eigenvalue weighted by Crippen LogP contribution is 2.12. The summed E-state index contributed by atoms with van der Waals surface area (Å²) >= 11 is 0. The maximum absolute atomic E-state index is 13.1. The molecule has 2 heterocycles. The van der Waals surface area contributed by atoms with Crippen molar-refractivity contribution in [3.8, 4) is 0 Å². The molecule has 0 spiro atoms. The molecule has 8 nitrogen and oxygen atoms in total. The number of nitrogens with zero attached hydrogens (tertiary/aromatic N) is 4. The van der Waals surface area contributed by atoms with Gasteiger partial charge in [0, 0.05) is 13.7 Å². The number of benzene rings is 2. The van der Waals surface area contributed by atoms with Crippen molar-refractivity contribution in [2.45, 2.75) is 6.54 Å². The lowest BCUT2D eigenvalue weighted by molar-refractivity contribution is 0.0669. The Balaban J connectivity index is 1.66. The molecular formula is C21H19N5O3. The number of H-pyrrole nitrogens is 1. The van der Waals surface area contributed by atoms with Gasteiger partial charge in [-0.25, -0.2) is 9.97 Å². The van der Waals surface area contributed by atoms with Gasteiger partial charge in [0.05, 0.1) is 41.3 Å². The van der Waals surface area contributed by atoms with E-state index in [1.54, 1.807) is 31.4 Å². The molecule has 0 aliphatic rings. The molecule has 0 bridgehead atoms. The summed E-state index contributed by atoms with van der Waals surface area (Å²) in [5, 5.41) is 0.506. The van der Waals surface area contributed by atoms with Crippen LogP contribution in [0.1, 0.15) is 16.3 Å². The minimum absolute atomic E-state index is 0.122. The topological polar surface area (TPSA) is 101 Å². The van der Waals surface area contributed by atoms with E-state index >= 15 is 0 Å². The number of aromatic nitrogens is 4. The van der Waals surface area contributed by atoms with Gasteiger partial charge < -0.3 is 14.6 Å². The van der Waals surface area contributed by atoms with Gasteiger partial charge in [-0.3, -0.25) is 14.6 Å². The van der Waals surface area contributed by atoms with Gasteiger partial charge in [-0.05, 0) is 24.3 Å². The zero-order chi connectivity index (χ0) is 20.2. The fourth-order valence-electron chi connectivity index (χ4n) is 3.07. The number of hydrogen-bond donors (Lipinski definition) is 1. The number of nitrogens with one attached hydrogen (secondary N) is 1. The first-order valence-electron chi connectivity index (χ1n) is 9.13. The molecule has 2 aromatic heterocycles. The van der Waals surface area contributed by atoms with Crippen LogP contribution in [0.3, 0.4) is 0 Å². The molecule has 0 radical (unpaired) electrons. The normalized spacial score (nSPS) is 11.1. The molecule has 0 atom stereocenters. The smallest absolute Gasteiger partial charge is 0.274 e. The zero-order valence-electron chi connectivity index (χ0n) is 15.8. The van der Waals surface area contributed by atoms with E-state index in [1.807, 2.05) is 24.3 Å². The first-order chi connectivity index (χ1) is 14.2. The molecule has 29 heavy (non-hydrogen) atoms. The Morgan fingerprint density at radius 1 is 1.03 bits per heavy atom. The average Bonchev–Trinajstić information content (AvgIpc) is 2.76. The van der Waals surface area contributed by atoms with Gasteiger partial charge in [0.2, 0.25) is 0 Å². The molecule has 1 amide bonds. The van der Waals surface area contributed by atoms with Gasteiger partial charge in [-0.15, -0.1) is 0 Å². The van der Waals surface area contributed by atoms with Crippen LogP contribution in [0.2, 0.25) is 0 Å². The summed E-state index contributed by atoms with van der Waals surface area (Å²) in [7, 11) is 1.56. The first kappa shape index (κ1) is 18.7. The number of rotatable bonds is 6. The first-order valence-corrected chi connectivity index (χ1v) is 9.13. The quantitative estimate of drug-likeness (QED) is 0.542. The van der Waals surface area contributed by atoms with E-state index in [4.69, 9.17) is 4.74 Å². The number of carbonyl (C=O) groups is 1. The fraction of sp³-hybridized carbons (Fsp3) is 0.190. The predicted octanol–water partition coefficient (Wildman–Crippen LogP) is 2.16. The highest BCUT2D eigenvalue weighted by atomic mass is 16.5. The monoisotopic (exact) mass is 389 g/mol. The summed E-state index contributed by atoms with van der Waals surface area (Å²) in [5.41, 5.74) is 1.92. The fourth-order valence-corrected chi connectivity index (χ4v) is 3.07. The Morgan fingerprint density at radius 3 is 2.55 bits per heavy atom. The Morgan fingerprint density at radius 2 is 1.76 bits per heavy atom. The molecule has 0 saturated heterocycles. The largest absolute Gasteiger partial charge is 0.383 e. The Bertz CT molecular complexity index is 1240. The maximum atomic E-state index is 13.1. The Hall–Kier alpha value is -3.65. The number of hydrogen-bond acceptors (Lipinski definition) is 6. The number of aromatic amines is 1. The van der Waals surface area contributed by atoms with Gasteiger partial charge in [-0.2, -0.15) is 0 Å². The van der Waals surface area contributed by atoms with Crippen LogP contribution in [0, 0.1) is 0 Å². The van der Waals surface area contributed by atoms with Crippen molar-refractivity contribution in [2.24, 2.45) is 0 Å². The van der Waals surface area contributed by atoms with Gasteiger partial charge in [0.1, 0.15) is 11.5 Å². The minimum Gasteiger partial charge on any atom is -0.383 e. The van der Waals surface area contributed by atoms with E-state index in [0.29, 0.717) is 40.9 Å². The molecule has 0 fully saturated rings. The second kappa shape index (κ2) is 8.15. The second-order valence-electron chi connectivity index (χ2n) is 6.49. The molecule has 4 rings (SSSR count). The van der Waals surface area contributed by atoms with Crippen molar-refractivity contribution < 1.29 is 9.53 Å². The summed E-state index contributed by atoms with van der Waals surface area (Å²) in [6.07, 6.45) is 1.46. The lowest BCUT2D eigenvalue weighted by atomic mass is 10.2. The van der Waals surface area contributed by atoms with Crippen LogP contribution >= 0.6 is 0 Å². The van der Waals surface area contributed by atoms with Crippen LogP contribution in [0.4, 0.5) is 0 Å². The summed E-state index contributed by atoms with van der Waals surface area (Å²) in [6, 6.07) is 14.4. The SMILES string of the molecule is COCCN(Cc1nc2ccccc2c(=O)[nH]1)C(=O)c1cnc2ccccc2n1. The molecule has 1 N–H and O–H groups in total. The molecule has 146 valence electrons. The Kier molecular flexibility index (Phi) is 5.26. The third-order valence-electron chi connectivity index (χ3n) is 4.52. The number of ether oxygens (including phenoxy) is 1. The Labute approximate surface area is 166 Å². The molecule has 0 aliphatic carbocycles. The standard InChI is InChI=1S/C21H19N5O3/c1-29-11-10-26(13-19-24-15-7-3-2-6-14(15)20(27)25-19)21(28)18-12-22-16-8-4-5-9-17(16)23-18/h2-9,12H,10-11,13H2,1H3,(H,24,25,27). The van der Waals surface area contributed by atoms with Crippen LogP contribution in [0.15, 0.2) is 59.5 Å². The van der Waals surface area contributed by atoms with Crippen molar-refractivity contribution >= 4 is 27.8 Å². The molecule has 0 unspecified atom stereocenters. The van der Waals surface area contributed by atoms with Crippen molar-refractivity contribution in [1.29, 1.82) is 0 Å². The van der Waals surface area contributed by atoms with E-state index in [1.165, 1.54) is 11.1 Å². The van der Waals surface area contributed by atoms with Crippen LogP contribution in [0.25, 0.3) is 21.9 Å². The van der Waals surface area contributed by atoms with Crippen LogP contribution < -0.4 is 5.56 Å². The molecule has 4 aromatic rings. The van der Waals surface area contributed by atoms with Gasteiger partial charge in [-0.1, -0.05) is 24.3 Å². The highest BCUT2D eigenvalue weighted by molar-refractivity contribution is 5.93. The van der Waals surface area contributed by atoms with Gasteiger partial charge in [0.15, 0.2) is 0 Å². The van der Waals surface area contributed by atoms with Crippen molar-refractivity contribution in [3.63, 3.8) is 0 Å². The zero-order valence-corrected chi connectivity index (χ0v) is 15.8. The van der Waals surface area contributed by atoms with E-state index < -0.39 is 0 Å².